The number of aliphatic imine (C=N–C) groups is 1. The number of thioether (sulfide) groups is 1. The summed E-state index contributed by atoms with van der Waals surface area (Å²) in [6.45, 7) is 9.87. The maximum Gasteiger partial charge on any atom is 0.331 e. The Morgan fingerprint density at radius 1 is 1.56 bits per heavy atom. The van der Waals surface area contributed by atoms with E-state index in [4.69, 9.17) is 4.74 Å². The first-order valence-electron chi connectivity index (χ1n) is 5.77. The monoisotopic (exact) mass is 243 g/mol. The summed E-state index contributed by atoms with van der Waals surface area (Å²) < 4.78 is 5.34. The van der Waals surface area contributed by atoms with Crippen LogP contribution in [0.4, 0.5) is 0 Å². The molecule has 0 amide bonds. The molecule has 1 heterocycles. The summed E-state index contributed by atoms with van der Waals surface area (Å²) in [6, 6.07) is -0.289. The van der Waals surface area contributed by atoms with Crippen molar-refractivity contribution in [2.45, 2.75) is 52.7 Å². The predicted molar refractivity (Wildman–Crippen MR) is 69.0 cm³/mol. The summed E-state index contributed by atoms with van der Waals surface area (Å²) in [5, 5.41) is 1.10. The molecular formula is C12H21NO2S. The van der Waals surface area contributed by atoms with Crippen molar-refractivity contribution in [2.24, 2.45) is 10.9 Å². The first kappa shape index (κ1) is 13.6. The zero-order valence-electron chi connectivity index (χ0n) is 10.7. The van der Waals surface area contributed by atoms with Gasteiger partial charge in [-0.05, 0) is 32.9 Å². The van der Waals surface area contributed by atoms with Crippen LogP contribution in [0.15, 0.2) is 4.99 Å². The topological polar surface area (TPSA) is 38.7 Å². The molecule has 0 bridgehead atoms. The Balaban J connectivity index is 2.60. The Labute approximate surface area is 102 Å². The van der Waals surface area contributed by atoms with E-state index in [2.05, 4.69) is 18.8 Å². The highest BCUT2D eigenvalue weighted by atomic mass is 32.2. The predicted octanol–water partition coefficient (Wildman–Crippen LogP) is 2.89. The number of esters is 1. The van der Waals surface area contributed by atoms with Gasteiger partial charge in [-0.2, -0.15) is 0 Å². The van der Waals surface area contributed by atoms with E-state index >= 15 is 0 Å². The lowest BCUT2D eigenvalue weighted by atomic mass is 10.1. The fraction of sp³-hybridized carbons (Fsp3) is 0.833. The molecule has 4 heteroatoms. The van der Waals surface area contributed by atoms with Crippen LogP contribution < -0.4 is 0 Å². The molecule has 0 aromatic rings. The second-order valence-corrected chi connectivity index (χ2v) is 6.37. The van der Waals surface area contributed by atoms with E-state index < -0.39 is 5.60 Å². The van der Waals surface area contributed by atoms with Crippen molar-refractivity contribution in [3.8, 4) is 0 Å². The van der Waals surface area contributed by atoms with E-state index in [1.54, 1.807) is 11.8 Å². The molecule has 0 unspecified atom stereocenters. The Hall–Kier alpha value is -0.510. The van der Waals surface area contributed by atoms with Gasteiger partial charge in [0, 0.05) is 5.92 Å². The molecule has 2 atom stereocenters. The fourth-order valence-electron chi connectivity index (χ4n) is 1.62. The summed E-state index contributed by atoms with van der Waals surface area (Å²) >= 11 is 1.73. The number of hydrogen-bond donors (Lipinski definition) is 0. The Bertz CT molecular complexity index is 294. The molecule has 0 aromatic carbocycles. The number of carbonyl (C=O) groups excluding carboxylic acids is 1. The van der Waals surface area contributed by atoms with Crippen LogP contribution in [-0.2, 0) is 9.53 Å². The standard InChI is InChI=1S/C12H21NO2S/c1-6-16-10-8(2)7-9(13-10)11(14)15-12(3,4)5/h8-9H,6-7H2,1-5H3/t8-,9-/m0/s1. The molecule has 0 fully saturated rings. The van der Waals surface area contributed by atoms with Gasteiger partial charge < -0.3 is 4.74 Å². The zero-order chi connectivity index (χ0) is 12.3. The van der Waals surface area contributed by atoms with Gasteiger partial charge >= 0.3 is 5.97 Å². The van der Waals surface area contributed by atoms with Crippen molar-refractivity contribution in [2.75, 3.05) is 5.75 Å². The molecule has 0 saturated carbocycles. The Morgan fingerprint density at radius 3 is 2.69 bits per heavy atom. The molecule has 92 valence electrons. The molecule has 0 saturated heterocycles. The first-order chi connectivity index (χ1) is 7.33. The van der Waals surface area contributed by atoms with Crippen molar-refractivity contribution in [1.82, 2.24) is 0 Å². The maximum atomic E-state index is 11.8. The van der Waals surface area contributed by atoms with Crippen molar-refractivity contribution >= 4 is 22.8 Å². The molecular weight excluding hydrogens is 222 g/mol. The average molecular weight is 243 g/mol. The van der Waals surface area contributed by atoms with Gasteiger partial charge in [0.1, 0.15) is 11.6 Å². The lowest BCUT2D eigenvalue weighted by molar-refractivity contribution is -0.156. The number of ether oxygens (including phenoxy) is 1. The van der Waals surface area contributed by atoms with Crippen molar-refractivity contribution in [1.29, 1.82) is 0 Å². The van der Waals surface area contributed by atoms with Crippen LogP contribution in [0.5, 0.6) is 0 Å². The highest BCUT2D eigenvalue weighted by Gasteiger charge is 2.32. The molecule has 0 radical (unpaired) electrons. The molecule has 0 aliphatic carbocycles. The van der Waals surface area contributed by atoms with Gasteiger partial charge in [0.05, 0.1) is 5.04 Å². The molecule has 16 heavy (non-hydrogen) atoms. The van der Waals surface area contributed by atoms with Crippen LogP contribution in [0.1, 0.15) is 41.0 Å². The highest BCUT2D eigenvalue weighted by Crippen LogP contribution is 2.28. The van der Waals surface area contributed by atoms with Crippen molar-refractivity contribution in [3.05, 3.63) is 0 Å². The second-order valence-electron chi connectivity index (χ2n) is 5.09. The first-order valence-corrected chi connectivity index (χ1v) is 6.75. The molecule has 3 nitrogen and oxygen atoms in total. The third-order valence-corrected chi connectivity index (χ3v) is 3.34. The van der Waals surface area contributed by atoms with Crippen LogP contribution in [-0.4, -0.2) is 28.4 Å². The maximum absolute atomic E-state index is 11.8. The third kappa shape index (κ3) is 3.81. The Morgan fingerprint density at radius 2 is 2.19 bits per heavy atom. The third-order valence-electron chi connectivity index (χ3n) is 2.25. The summed E-state index contributed by atoms with van der Waals surface area (Å²) in [7, 11) is 0. The van der Waals surface area contributed by atoms with Crippen LogP contribution >= 0.6 is 11.8 Å². The van der Waals surface area contributed by atoms with Gasteiger partial charge in [-0.1, -0.05) is 13.8 Å². The van der Waals surface area contributed by atoms with E-state index in [0.717, 1.165) is 17.2 Å². The molecule has 1 rings (SSSR count). The van der Waals surface area contributed by atoms with E-state index in [1.165, 1.54) is 0 Å². The van der Waals surface area contributed by atoms with E-state index in [9.17, 15) is 4.79 Å². The average Bonchev–Trinajstić information content (AvgIpc) is 2.46. The normalized spacial score (nSPS) is 25.4. The van der Waals surface area contributed by atoms with E-state index in [0.29, 0.717) is 5.92 Å². The Kier molecular flexibility index (Phi) is 4.42. The molecule has 0 N–H and O–H groups in total. The fourth-order valence-corrected chi connectivity index (χ4v) is 2.49. The number of hydrogen-bond acceptors (Lipinski definition) is 4. The number of nitrogens with zero attached hydrogens (tertiary/aromatic N) is 1. The number of carbonyl (C=O) groups is 1. The quantitative estimate of drug-likeness (QED) is 0.700. The molecule has 0 spiro atoms. The van der Waals surface area contributed by atoms with E-state index in [-0.39, 0.29) is 12.0 Å². The second kappa shape index (κ2) is 5.21. The smallest absolute Gasteiger partial charge is 0.331 e. The lowest BCUT2D eigenvalue weighted by Gasteiger charge is -2.21. The molecule has 1 aliphatic heterocycles. The van der Waals surface area contributed by atoms with Gasteiger partial charge in [0.25, 0.3) is 0 Å². The summed E-state index contributed by atoms with van der Waals surface area (Å²) in [5.41, 5.74) is -0.420. The number of rotatable bonds is 2. The van der Waals surface area contributed by atoms with Crippen molar-refractivity contribution in [3.63, 3.8) is 0 Å². The summed E-state index contributed by atoms with van der Waals surface area (Å²) in [6.07, 6.45) is 0.789. The minimum absolute atomic E-state index is 0.189. The van der Waals surface area contributed by atoms with Crippen LogP contribution in [0.3, 0.4) is 0 Å². The van der Waals surface area contributed by atoms with Crippen LogP contribution in [0, 0.1) is 5.92 Å². The molecule has 1 aliphatic rings. The summed E-state index contributed by atoms with van der Waals surface area (Å²) in [5.74, 6) is 1.21. The lowest BCUT2D eigenvalue weighted by Crippen LogP contribution is -2.30. The van der Waals surface area contributed by atoms with Gasteiger partial charge in [-0.3, -0.25) is 4.99 Å². The molecule has 0 aromatic heterocycles. The minimum atomic E-state index is -0.420. The largest absolute Gasteiger partial charge is 0.458 e. The zero-order valence-corrected chi connectivity index (χ0v) is 11.6. The summed E-state index contributed by atoms with van der Waals surface area (Å²) in [4.78, 5) is 16.3. The van der Waals surface area contributed by atoms with Crippen molar-refractivity contribution < 1.29 is 9.53 Å². The van der Waals surface area contributed by atoms with E-state index in [1.807, 2.05) is 20.8 Å². The van der Waals surface area contributed by atoms with Gasteiger partial charge in [0.2, 0.25) is 0 Å². The van der Waals surface area contributed by atoms with Gasteiger partial charge in [-0.25, -0.2) is 4.79 Å². The van der Waals surface area contributed by atoms with Crippen LogP contribution in [0.2, 0.25) is 0 Å². The van der Waals surface area contributed by atoms with Gasteiger partial charge in [-0.15, -0.1) is 11.8 Å². The minimum Gasteiger partial charge on any atom is -0.458 e. The highest BCUT2D eigenvalue weighted by molar-refractivity contribution is 8.13. The SMILES string of the molecule is CCSC1=N[C@H](C(=O)OC(C)(C)C)C[C@@H]1C. The van der Waals surface area contributed by atoms with Crippen LogP contribution in [0.25, 0.3) is 0 Å². The van der Waals surface area contributed by atoms with Gasteiger partial charge in [0.15, 0.2) is 0 Å².